The van der Waals surface area contributed by atoms with Gasteiger partial charge in [-0.3, -0.25) is 0 Å². The van der Waals surface area contributed by atoms with Crippen LogP contribution in [-0.4, -0.2) is 10.7 Å². The Bertz CT molecular complexity index is 343. The van der Waals surface area contributed by atoms with Gasteiger partial charge in [0.1, 0.15) is 0 Å². The Morgan fingerprint density at radius 3 is 2.75 bits per heavy atom. The van der Waals surface area contributed by atoms with E-state index < -0.39 is 5.60 Å². The van der Waals surface area contributed by atoms with Crippen molar-refractivity contribution < 1.29 is 5.11 Å². The number of hydrogen-bond donors (Lipinski definition) is 1. The Morgan fingerprint density at radius 1 is 1.44 bits per heavy atom. The lowest BCUT2D eigenvalue weighted by atomic mass is 9.62. The van der Waals surface area contributed by atoms with Crippen LogP contribution in [0.25, 0.3) is 0 Å². The lowest BCUT2D eigenvalue weighted by molar-refractivity contribution is 0.120. The molecule has 1 heteroatoms. The quantitative estimate of drug-likeness (QED) is 0.712. The van der Waals surface area contributed by atoms with Crippen LogP contribution in [0, 0.1) is 11.3 Å². The van der Waals surface area contributed by atoms with E-state index in [1.807, 2.05) is 13.8 Å². The van der Waals surface area contributed by atoms with Crippen molar-refractivity contribution >= 4 is 0 Å². The second-order valence-corrected chi connectivity index (χ2v) is 6.38. The lowest BCUT2D eigenvalue weighted by Gasteiger charge is -2.43. The zero-order valence-corrected chi connectivity index (χ0v) is 11.0. The van der Waals surface area contributed by atoms with Crippen molar-refractivity contribution in [1.82, 2.24) is 0 Å². The topological polar surface area (TPSA) is 20.2 Å². The van der Waals surface area contributed by atoms with Crippen molar-refractivity contribution in [3.63, 3.8) is 0 Å². The number of allylic oxidation sites excluding steroid dienone is 2. The molecule has 0 aliphatic heterocycles. The third-order valence-electron chi connectivity index (χ3n) is 4.38. The molecule has 0 aromatic rings. The van der Waals surface area contributed by atoms with Crippen LogP contribution in [0.2, 0.25) is 0 Å². The predicted molar refractivity (Wildman–Crippen MR) is 68.2 cm³/mol. The Hall–Kier alpha value is -0.560. The second kappa shape index (κ2) is 3.73. The normalized spacial score (nSPS) is 35.2. The van der Waals surface area contributed by atoms with E-state index in [-0.39, 0.29) is 0 Å². The molecule has 2 aliphatic rings. The summed E-state index contributed by atoms with van der Waals surface area (Å²) in [7, 11) is 0. The molecule has 16 heavy (non-hydrogen) atoms. The molecule has 1 fully saturated rings. The molecule has 0 aromatic carbocycles. The van der Waals surface area contributed by atoms with Crippen LogP contribution in [0.1, 0.15) is 53.4 Å². The highest BCUT2D eigenvalue weighted by Crippen LogP contribution is 2.49. The monoisotopic (exact) mass is 220 g/mol. The van der Waals surface area contributed by atoms with Crippen molar-refractivity contribution in [3.8, 4) is 0 Å². The van der Waals surface area contributed by atoms with Gasteiger partial charge in [-0.15, -0.1) is 0 Å². The van der Waals surface area contributed by atoms with Gasteiger partial charge >= 0.3 is 0 Å². The third kappa shape index (κ3) is 1.98. The molecule has 1 N–H and O–H groups in total. The summed E-state index contributed by atoms with van der Waals surface area (Å²) in [5, 5.41) is 10.1. The van der Waals surface area contributed by atoms with Gasteiger partial charge < -0.3 is 5.11 Å². The van der Waals surface area contributed by atoms with E-state index >= 15 is 0 Å². The summed E-state index contributed by atoms with van der Waals surface area (Å²) in [5.41, 5.74) is 2.35. The fourth-order valence-corrected chi connectivity index (χ4v) is 3.22. The number of rotatable bonds is 1. The Balaban J connectivity index is 2.34. The molecule has 0 heterocycles. The van der Waals surface area contributed by atoms with Crippen molar-refractivity contribution in [2.24, 2.45) is 11.3 Å². The lowest BCUT2D eigenvalue weighted by Crippen LogP contribution is -2.32. The van der Waals surface area contributed by atoms with E-state index in [1.54, 1.807) is 5.57 Å². The van der Waals surface area contributed by atoms with Gasteiger partial charge in [0.2, 0.25) is 0 Å². The van der Waals surface area contributed by atoms with Crippen molar-refractivity contribution in [3.05, 3.63) is 23.3 Å². The number of aliphatic hydroxyl groups is 1. The van der Waals surface area contributed by atoms with Crippen molar-refractivity contribution in [1.29, 1.82) is 0 Å². The molecule has 0 aromatic heterocycles. The average molecular weight is 220 g/mol. The highest BCUT2D eigenvalue weighted by Gasteiger charge is 2.37. The van der Waals surface area contributed by atoms with Crippen molar-refractivity contribution in [2.45, 2.75) is 59.0 Å². The van der Waals surface area contributed by atoms with Gasteiger partial charge in [0.05, 0.1) is 5.60 Å². The van der Waals surface area contributed by atoms with Gasteiger partial charge in [-0.2, -0.15) is 0 Å². The maximum atomic E-state index is 10.1. The molecule has 2 rings (SSSR count). The Kier molecular flexibility index (Phi) is 2.78. The molecular formula is C15H24O. The molecule has 1 saturated carbocycles. The van der Waals surface area contributed by atoms with E-state index in [0.717, 1.165) is 12.0 Å². The summed E-state index contributed by atoms with van der Waals surface area (Å²) in [6.07, 6.45) is 9.57. The van der Waals surface area contributed by atoms with Crippen LogP contribution in [0.15, 0.2) is 23.3 Å². The minimum Gasteiger partial charge on any atom is -0.386 e. The summed E-state index contributed by atoms with van der Waals surface area (Å²) >= 11 is 0. The van der Waals surface area contributed by atoms with Gasteiger partial charge in [-0.05, 0) is 50.0 Å². The van der Waals surface area contributed by atoms with Crippen LogP contribution in [0.3, 0.4) is 0 Å². The largest absolute Gasteiger partial charge is 0.386 e. The Labute approximate surface area is 99.3 Å². The number of fused-ring (bicyclic) bond motifs is 1. The standard InChI is InChI=1S/C15H24O/c1-11-6-5-8-15(4)9-7-12(10-13(11)15)14(2,3)16/h7,10-11,16H,5-6,8-9H2,1-4H3. The first-order valence-corrected chi connectivity index (χ1v) is 6.48. The number of hydrogen-bond acceptors (Lipinski definition) is 1. The van der Waals surface area contributed by atoms with Gasteiger partial charge in [0.15, 0.2) is 0 Å². The SMILES string of the molecule is CC1CCCC2(C)CC=C(C(C)(C)O)C=C12. The van der Waals surface area contributed by atoms with Gasteiger partial charge in [-0.25, -0.2) is 0 Å². The molecule has 2 atom stereocenters. The second-order valence-electron chi connectivity index (χ2n) is 6.38. The summed E-state index contributed by atoms with van der Waals surface area (Å²) < 4.78 is 0. The average Bonchev–Trinajstić information content (AvgIpc) is 2.15. The fourth-order valence-electron chi connectivity index (χ4n) is 3.22. The fraction of sp³-hybridized carbons (Fsp3) is 0.733. The molecular weight excluding hydrogens is 196 g/mol. The zero-order chi connectivity index (χ0) is 12.0. The third-order valence-corrected chi connectivity index (χ3v) is 4.38. The highest BCUT2D eigenvalue weighted by atomic mass is 16.3. The molecule has 0 spiro atoms. The van der Waals surface area contributed by atoms with Crippen LogP contribution >= 0.6 is 0 Å². The van der Waals surface area contributed by atoms with Gasteiger partial charge in [0, 0.05) is 0 Å². The minimum absolute atomic E-state index is 0.367. The predicted octanol–water partition coefficient (Wildman–Crippen LogP) is 3.84. The van der Waals surface area contributed by atoms with Crippen LogP contribution in [0.5, 0.6) is 0 Å². The van der Waals surface area contributed by atoms with Gasteiger partial charge in [0.25, 0.3) is 0 Å². The molecule has 0 radical (unpaired) electrons. The van der Waals surface area contributed by atoms with E-state index in [2.05, 4.69) is 26.0 Å². The van der Waals surface area contributed by atoms with E-state index in [1.165, 1.54) is 19.3 Å². The molecule has 2 aliphatic carbocycles. The molecule has 0 bridgehead atoms. The maximum Gasteiger partial charge on any atom is 0.0837 e. The first kappa shape index (κ1) is 11.9. The summed E-state index contributed by atoms with van der Waals surface area (Å²) in [5.74, 6) is 0.685. The van der Waals surface area contributed by atoms with Crippen LogP contribution < -0.4 is 0 Å². The highest BCUT2D eigenvalue weighted by molar-refractivity contribution is 5.39. The Morgan fingerprint density at radius 2 is 2.12 bits per heavy atom. The molecule has 0 saturated heterocycles. The molecule has 0 amide bonds. The maximum absolute atomic E-state index is 10.1. The summed E-state index contributed by atoms with van der Waals surface area (Å²) in [4.78, 5) is 0. The molecule has 2 unspecified atom stereocenters. The van der Waals surface area contributed by atoms with Gasteiger partial charge in [-0.1, -0.05) is 38.0 Å². The summed E-state index contributed by atoms with van der Waals surface area (Å²) in [6, 6.07) is 0. The van der Waals surface area contributed by atoms with Crippen LogP contribution in [-0.2, 0) is 0 Å². The van der Waals surface area contributed by atoms with Crippen LogP contribution in [0.4, 0.5) is 0 Å². The first-order valence-electron chi connectivity index (χ1n) is 6.48. The first-order chi connectivity index (χ1) is 7.33. The van der Waals surface area contributed by atoms with E-state index in [4.69, 9.17) is 0 Å². The summed E-state index contributed by atoms with van der Waals surface area (Å²) in [6.45, 7) is 8.47. The van der Waals surface area contributed by atoms with E-state index in [9.17, 15) is 5.11 Å². The minimum atomic E-state index is -0.689. The zero-order valence-electron chi connectivity index (χ0n) is 11.0. The van der Waals surface area contributed by atoms with E-state index in [0.29, 0.717) is 11.3 Å². The molecule has 90 valence electrons. The smallest absolute Gasteiger partial charge is 0.0837 e. The van der Waals surface area contributed by atoms with Crippen molar-refractivity contribution in [2.75, 3.05) is 0 Å². The molecule has 1 nitrogen and oxygen atoms in total.